The number of rotatable bonds is 5. The van der Waals surface area contributed by atoms with E-state index in [1.807, 2.05) is 44.2 Å². The van der Waals surface area contributed by atoms with Gasteiger partial charge in [-0.1, -0.05) is 42.5 Å². The van der Waals surface area contributed by atoms with Crippen LogP contribution in [0.15, 0.2) is 54.6 Å². The van der Waals surface area contributed by atoms with E-state index in [9.17, 15) is 9.90 Å². The van der Waals surface area contributed by atoms with Crippen LogP contribution >= 0.6 is 0 Å². The zero-order chi connectivity index (χ0) is 17.8. The molecule has 2 N–H and O–H groups in total. The fourth-order valence-electron chi connectivity index (χ4n) is 2.45. The van der Waals surface area contributed by atoms with Gasteiger partial charge in [-0.25, -0.2) is 0 Å². The van der Waals surface area contributed by atoms with Gasteiger partial charge >= 0.3 is 0 Å². The number of hydrogen-bond acceptors (Lipinski definition) is 3. The molecule has 0 heterocycles. The van der Waals surface area contributed by atoms with E-state index >= 15 is 0 Å². The summed E-state index contributed by atoms with van der Waals surface area (Å²) in [6, 6.07) is 18.6. The lowest BCUT2D eigenvalue weighted by molar-refractivity contribution is -0.120. The molecule has 0 aliphatic rings. The molecule has 2 aromatic rings. The van der Waals surface area contributed by atoms with Crippen LogP contribution < -0.4 is 5.32 Å². The van der Waals surface area contributed by atoms with Crippen molar-refractivity contribution in [2.24, 2.45) is 0 Å². The topological polar surface area (TPSA) is 73.1 Å². The number of hydrogen-bond donors (Lipinski definition) is 2. The van der Waals surface area contributed by atoms with E-state index in [2.05, 4.69) is 11.4 Å². The average Bonchev–Trinajstić information content (AvgIpc) is 2.55. The first-order chi connectivity index (χ1) is 11.2. The minimum absolute atomic E-state index is 0.0392. The molecule has 4 heteroatoms. The second-order valence-corrected chi connectivity index (χ2v) is 6.68. The highest BCUT2D eigenvalue weighted by atomic mass is 16.3. The third-order valence-electron chi connectivity index (χ3n) is 4.07. The Hall–Kier alpha value is -2.64. The number of carbonyl (C=O) groups is 1. The molecule has 0 aliphatic carbocycles. The predicted molar refractivity (Wildman–Crippen MR) is 94.3 cm³/mol. The molecule has 0 aromatic heterocycles. The Morgan fingerprint density at radius 1 is 1.04 bits per heavy atom. The van der Waals surface area contributed by atoms with Crippen molar-refractivity contribution < 1.29 is 9.90 Å². The van der Waals surface area contributed by atoms with Crippen LogP contribution in [0.1, 0.15) is 38.3 Å². The summed E-state index contributed by atoms with van der Waals surface area (Å²) < 4.78 is 0. The third kappa shape index (κ3) is 4.21. The Morgan fingerprint density at radius 3 is 2.17 bits per heavy atom. The second kappa shape index (κ2) is 6.86. The highest BCUT2D eigenvalue weighted by Crippen LogP contribution is 2.26. The molecular weight excluding hydrogens is 300 g/mol. The van der Waals surface area contributed by atoms with Crippen molar-refractivity contribution in [3.05, 3.63) is 65.7 Å². The molecule has 2 rings (SSSR count). The lowest BCUT2D eigenvalue weighted by atomic mass is 9.86. The van der Waals surface area contributed by atoms with Gasteiger partial charge in [0.2, 0.25) is 5.91 Å². The number of amides is 1. The van der Waals surface area contributed by atoms with Gasteiger partial charge in [-0.2, -0.15) is 5.26 Å². The van der Waals surface area contributed by atoms with Crippen molar-refractivity contribution in [1.29, 1.82) is 5.26 Å². The summed E-state index contributed by atoms with van der Waals surface area (Å²) >= 11 is 0. The summed E-state index contributed by atoms with van der Waals surface area (Å²) in [7, 11) is 0. The molecule has 0 spiro atoms. The fraction of sp³-hybridized carbons (Fsp3) is 0.300. The monoisotopic (exact) mass is 322 g/mol. The van der Waals surface area contributed by atoms with Gasteiger partial charge in [-0.05, 0) is 44.0 Å². The number of aliphatic hydroxyl groups is 1. The van der Waals surface area contributed by atoms with E-state index in [1.54, 1.807) is 31.2 Å². The predicted octanol–water partition coefficient (Wildman–Crippen LogP) is 3.72. The number of nitriles is 1. The molecule has 0 fully saturated rings. The molecule has 1 atom stereocenters. The maximum Gasteiger partial charge on any atom is 0.227 e. The van der Waals surface area contributed by atoms with Crippen LogP contribution in [0.3, 0.4) is 0 Å². The van der Waals surface area contributed by atoms with Gasteiger partial charge < -0.3 is 10.4 Å². The number of nitrogens with zero attached hydrogens (tertiary/aromatic N) is 1. The molecule has 0 aliphatic heterocycles. The number of anilines is 1. The van der Waals surface area contributed by atoms with E-state index in [0.29, 0.717) is 11.3 Å². The van der Waals surface area contributed by atoms with Gasteiger partial charge in [0.1, 0.15) is 0 Å². The highest BCUT2D eigenvalue weighted by Gasteiger charge is 2.26. The van der Waals surface area contributed by atoms with Crippen LogP contribution in [0.25, 0.3) is 0 Å². The number of carbonyl (C=O) groups excluding carboxylic acids is 1. The molecule has 1 amide bonds. The molecule has 0 radical (unpaired) electrons. The Morgan fingerprint density at radius 2 is 1.62 bits per heavy atom. The van der Waals surface area contributed by atoms with E-state index < -0.39 is 11.0 Å². The molecule has 124 valence electrons. The highest BCUT2D eigenvalue weighted by molar-refractivity contribution is 5.91. The summed E-state index contributed by atoms with van der Waals surface area (Å²) in [5.41, 5.74) is 0.431. The molecule has 0 saturated carbocycles. The summed E-state index contributed by atoms with van der Waals surface area (Å²) in [5, 5.41) is 22.5. The zero-order valence-electron chi connectivity index (χ0n) is 14.2. The summed E-state index contributed by atoms with van der Waals surface area (Å²) in [6.45, 7) is 5.32. The quantitative estimate of drug-likeness (QED) is 0.881. The van der Waals surface area contributed by atoms with E-state index in [-0.39, 0.29) is 12.3 Å². The van der Waals surface area contributed by atoms with E-state index in [0.717, 1.165) is 5.56 Å². The molecule has 0 bridgehead atoms. The molecule has 0 saturated heterocycles. The summed E-state index contributed by atoms with van der Waals surface area (Å²) in [4.78, 5) is 12.2. The zero-order valence-corrected chi connectivity index (χ0v) is 14.2. The Bertz CT molecular complexity index is 741. The van der Waals surface area contributed by atoms with Gasteiger partial charge in [-0.3, -0.25) is 4.79 Å². The maximum atomic E-state index is 12.2. The average molecular weight is 322 g/mol. The largest absolute Gasteiger partial charge is 0.385 e. The molecular formula is C20H22N2O2. The summed E-state index contributed by atoms with van der Waals surface area (Å²) in [5.74, 6) is -0.267. The first kappa shape index (κ1) is 17.7. The van der Waals surface area contributed by atoms with Crippen molar-refractivity contribution in [2.75, 3.05) is 5.32 Å². The van der Waals surface area contributed by atoms with Crippen molar-refractivity contribution in [2.45, 2.75) is 38.2 Å². The van der Waals surface area contributed by atoms with Gasteiger partial charge in [0.25, 0.3) is 0 Å². The molecule has 24 heavy (non-hydrogen) atoms. The van der Waals surface area contributed by atoms with Crippen LogP contribution in [-0.2, 0) is 15.8 Å². The van der Waals surface area contributed by atoms with Crippen LogP contribution in [0.2, 0.25) is 0 Å². The van der Waals surface area contributed by atoms with Crippen molar-refractivity contribution in [3.63, 3.8) is 0 Å². The van der Waals surface area contributed by atoms with Gasteiger partial charge in [0, 0.05) is 5.69 Å². The van der Waals surface area contributed by atoms with Crippen LogP contribution in [0.4, 0.5) is 5.69 Å². The maximum absolute atomic E-state index is 12.2. The first-order valence-corrected chi connectivity index (χ1v) is 7.84. The van der Waals surface area contributed by atoms with Crippen molar-refractivity contribution >= 4 is 11.6 Å². The first-order valence-electron chi connectivity index (χ1n) is 7.84. The Kier molecular flexibility index (Phi) is 5.06. The second-order valence-electron chi connectivity index (χ2n) is 6.68. The van der Waals surface area contributed by atoms with E-state index in [4.69, 9.17) is 5.26 Å². The van der Waals surface area contributed by atoms with Crippen LogP contribution in [-0.4, -0.2) is 11.0 Å². The number of nitrogens with one attached hydrogen (secondary N) is 1. The smallest absolute Gasteiger partial charge is 0.227 e. The van der Waals surface area contributed by atoms with Crippen LogP contribution in [0, 0.1) is 11.3 Å². The SMILES string of the molecule is CC(C)(C#N)c1ccc(NC(=O)CC(C)(O)c2ccccc2)cc1. The standard InChI is InChI=1S/C20H22N2O2/c1-19(2,14-21)15-9-11-17(12-10-15)22-18(23)13-20(3,24)16-7-5-4-6-8-16/h4-12,24H,13H2,1-3H3,(H,22,23). The summed E-state index contributed by atoms with van der Waals surface area (Å²) in [6.07, 6.45) is -0.0392. The Balaban J connectivity index is 2.04. The van der Waals surface area contributed by atoms with Gasteiger partial charge in [0.15, 0.2) is 0 Å². The molecule has 2 aromatic carbocycles. The Labute approximate surface area is 142 Å². The van der Waals surface area contributed by atoms with Crippen molar-refractivity contribution in [3.8, 4) is 6.07 Å². The lowest BCUT2D eigenvalue weighted by Crippen LogP contribution is -2.28. The van der Waals surface area contributed by atoms with E-state index in [1.165, 1.54) is 0 Å². The lowest BCUT2D eigenvalue weighted by Gasteiger charge is -2.23. The fourth-order valence-corrected chi connectivity index (χ4v) is 2.45. The minimum Gasteiger partial charge on any atom is -0.385 e. The van der Waals surface area contributed by atoms with Gasteiger partial charge in [0.05, 0.1) is 23.5 Å². The van der Waals surface area contributed by atoms with Crippen LogP contribution in [0.5, 0.6) is 0 Å². The molecule has 1 unspecified atom stereocenters. The van der Waals surface area contributed by atoms with Crippen molar-refractivity contribution in [1.82, 2.24) is 0 Å². The molecule has 4 nitrogen and oxygen atoms in total. The third-order valence-corrected chi connectivity index (χ3v) is 4.07. The number of benzene rings is 2. The van der Waals surface area contributed by atoms with Gasteiger partial charge in [-0.15, -0.1) is 0 Å². The normalized spacial score (nSPS) is 13.6. The minimum atomic E-state index is -1.23.